The molecule has 0 bridgehead atoms. The van der Waals surface area contributed by atoms with Crippen LogP contribution in [0.2, 0.25) is 0 Å². The molecule has 2 heterocycles. The second-order valence-corrected chi connectivity index (χ2v) is 6.81. The summed E-state index contributed by atoms with van der Waals surface area (Å²) >= 11 is 0. The summed E-state index contributed by atoms with van der Waals surface area (Å²) < 4.78 is 0. The van der Waals surface area contributed by atoms with Gasteiger partial charge in [-0.3, -0.25) is 4.79 Å². The van der Waals surface area contributed by atoms with Crippen molar-refractivity contribution in [3.8, 4) is 0 Å². The van der Waals surface area contributed by atoms with Gasteiger partial charge in [0.05, 0.1) is 0 Å². The van der Waals surface area contributed by atoms with Crippen LogP contribution in [0.25, 0.3) is 0 Å². The van der Waals surface area contributed by atoms with Gasteiger partial charge in [0, 0.05) is 24.3 Å². The van der Waals surface area contributed by atoms with Gasteiger partial charge >= 0.3 is 0 Å². The van der Waals surface area contributed by atoms with Gasteiger partial charge in [-0.2, -0.15) is 0 Å². The largest absolute Gasteiger partial charge is 0.350 e. The zero-order valence-corrected chi connectivity index (χ0v) is 14.7. The maximum atomic E-state index is 12.4. The van der Waals surface area contributed by atoms with E-state index in [1.54, 1.807) is 6.07 Å². The number of anilines is 2. The molecule has 0 aliphatic carbocycles. The molecule has 0 radical (unpaired) electrons. The Hall–Kier alpha value is -2.43. The van der Waals surface area contributed by atoms with E-state index >= 15 is 0 Å². The number of nitrogens with one attached hydrogen (secondary N) is 1. The number of para-hydroxylation sites is 1. The topological polar surface area (TPSA) is 58.1 Å². The number of hydrogen-bond donors (Lipinski definition) is 1. The van der Waals surface area contributed by atoms with Crippen molar-refractivity contribution in [2.45, 2.75) is 40.2 Å². The number of aryl methyl sites for hydroxylation is 1. The Morgan fingerprint density at radius 3 is 2.83 bits per heavy atom. The van der Waals surface area contributed by atoms with E-state index in [1.807, 2.05) is 13.0 Å². The summed E-state index contributed by atoms with van der Waals surface area (Å²) in [5, 5.41) is 2.93. The first-order chi connectivity index (χ1) is 11.5. The summed E-state index contributed by atoms with van der Waals surface area (Å²) in [5.41, 5.74) is 2.90. The molecule has 1 aromatic carbocycles. The summed E-state index contributed by atoms with van der Waals surface area (Å²) in [7, 11) is 0. The third-order valence-corrected chi connectivity index (χ3v) is 4.18. The van der Waals surface area contributed by atoms with Gasteiger partial charge in [0.15, 0.2) is 0 Å². The third-order valence-electron chi connectivity index (χ3n) is 4.18. The maximum Gasteiger partial charge on any atom is 0.270 e. The highest BCUT2D eigenvalue weighted by atomic mass is 16.1. The van der Waals surface area contributed by atoms with Gasteiger partial charge in [0.1, 0.15) is 17.3 Å². The molecule has 1 N–H and O–H groups in total. The third kappa shape index (κ3) is 3.25. The zero-order valence-electron chi connectivity index (χ0n) is 14.7. The summed E-state index contributed by atoms with van der Waals surface area (Å²) in [5.74, 6) is 1.66. The number of carbonyl (C=O) groups is 1. The van der Waals surface area contributed by atoms with Crippen LogP contribution in [0.3, 0.4) is 0 Å². The molecule has 1 aliphatic heterocycles. The summed E-state index contributed by atoms with van der Waals surface area (Å²) in [4.78, 5) is 23.5. The molecule has 1 atom stereocenters. The molecule has 1 aliphatic rings. The fraction of sp³-hybridized carbons (Fsp3) is 0.421. The Kier molecular flexibility index (Phi) is 4.51. The average molecular weight is 324 g/mol. The first-order valence-electron chi connectivity index (χ1n) is 8.46. The predicted molar refractivity (Wildman–Crippen MR) is 95.7 cm³/mol. The summed E-state index contributed by atoms with van der Waals surface area (Å²) in [6, 6.07) is 10.5. The van der Waals surface area contributed by atoms with Gasteiger partial charge < -0.3 is 10.2 Å². The van der Waals surface area contributed by atoms with E-state index in [0.717, 1.165) is 17.9 Å². The van der Waals surface area contributed by atoms with Crippen LogP contribution in [-0.4, -0.2) is 28.5 Å². The number of rotatable bonds is 4. The molecule has 24 heavy (non-hydrogen) atoms. The molecule has 0 spiro atoms. The Labute approximate surface area is 143 Å². The highest BCUT2D eigenvalue weighted by Crippen LogP contribution is 2.37. The van der Waals surface area contributed by atoms with E-state index in [-0.39, 0.29) is 5.91 Å². The van der Waals surface area contributed by atoms with Crippen LogP contribution >= 0.6 is 0 Å². The number of carbonyl (C=O) groups excluding carboxylic acids is 1. The molecule has 1 aromatic heterocycles. The van der Waals surface area contributed by atoms with Crippen molar-refractivity contribution in [1.29, 1.82) is 0 Å². The van der Waals surface area contributed by atoms with Crippen LogP contribution < -0.4 is 10.2 Å². The molecule has 1 amide bonds. The SMILES string of the molecule is Cc1nc(C(=O)NCC(C)C)cc(N2c3ccccc3CC2C)n1. The van der Waals surface area contributed by atoms with E-state index in [1.165, 1.54) is 5.56 Å². The van der Waals surface area contributed by atoms with E-state index in [0.29, 0.717) is 30.0 Å². The second kappa shape index (κ2) is 6.59. The van der Waals surface area contributed by atoms with Crippen molar-refractivity contribution in [1.82, 2.24) is 15.3 Å². The normalized spacial score (nSPS) is 16.4. The maximum absolute atomic E-state index is 12.4. The lowest BCUT2D eigenvalue weighted by atomic mass is 10.1. The first kappa shape index (κ1) is 16.4. The first-order valence-corrected chi connectivity index (χ1v) is 8.46. The predicted octanol–water partition coefficient (Wildman–Crippen LogP) is 3.25. The molecule has 2 aromatic rings. The second-order valence-electron chi connectivity index (χ2n) is 6.81. The Morgan fingerprint density at radius 2 is 2.08 bits per heavy atom. The number of nitrogens with zero attached hydrogens (tertiary/aromatic N) is 3. The minimum Gasteiger partial charge on any atom is -0.350 e. The van der Waals surface area contributed by atoms with Gasteiger partial charge in [-0.1, -0.05) is 32.0 Å². The molecular weight excluding hydrogens is 300 g/mol. The number of fused-ring (bicyclic) bond motifs is 1. The fourth-order valence-corrected chi connectivity index (χ4v) is 3.09. The standard InChI is InChI=1S/C19H24N4O/c1-12(2)11-20-19(24)16-10-18(22-14(4)21-16)23-13(3)9-15-7-5-6-8-17(15)23/h5-8,10,12-13H,9,11H2,1-4H3,(H,20,24). The van der Waals surface area contributed by atoms with Crippen molar-refractivity contribution in [3.05, 3.63) is 47.4 Å². The minimum atomic E-state index is -0.143. The van der Waals surface area contributed by atoms with Crippen molar-refractivity contribution >= 4 is 17.4 Å². The van der Waals surface area contributed by atoms with Crippen molar-refractivity contribution in [2.24, 2.45) is 5.92 Å². The van der Waals surface area contributed by atoms with Crippen molar-refractivity contribution in [3.63, 3.8) is 0 Å². The lowest BCUT2D eigenvalue weighted by Gasteiger charge is -2.24. The van der Waals surface area contributed by atoms with Crippen molar-refractivity contribution in [2.75, 3.05) is 11.4 Å². The molecule has 0 saturated carbocycles. The van der Waals surface area contributed by atoms with Gasteiger partial charge in [-0.15, -0.1) is 0 Å². The molecule has 0 saturated heterocycles. The van der Waals surface area contributed by atoms with Gasteiger partial charge in [-0.05, 0) is 37.8 Å². The lowest BCUT2D eigenvalue weighted by molar-refractivity contribution is 0.0943. The monoisotopic (exact) mass is 324 g/mol. The van der Waals surface area contributed by atoms with E-state index < -0.39 is 0 Å². The Bertz CT molecular complexity index is 757. The van der Waals surface area contributed by atoms with Crippen molar-refractivity contribution < 1.29 is 4.79 Å². The van der Waals surface area contributed by atoms with Crippen LogP contribution in [0.15, 0.2) is 30.3 Å². The number of aromatic nitrogens is 2. The van der Waals surface area contributed by atoms with E-state index in [4.69, 9.17) is 0 Å². The molecule has 1 unspecified atom stereocenters. The molecular formula is C19H24N4O. The molecule has 0 fully saturated rings. The van der Waals surface area contributed by atoms with E-state index in [2.05, 4.69) is 59.2 Å². The van der Waals surface area contributed by atoms with Crippen LogP contribution in [0.5, 0.6) is 0 Å². The quantitative estimate of drug-likeness (QED) is 0.938. The van der Waals surface area contributed by atoms with Crippen LogP contribution in [0.4, 0.5) is 11.5 Å². The minimum absolute atomic E-state index is 0.143. The van der Waals surface area contributed by atoms with Crippen LogP contribution in [0.1, 0.15) is 42.6 Å². The van der Waals surface area contributed by atoms with Crippen LogP contribution in [-0.2, 0) is 6.42 Å². The molecule has 126 valence electrons. The highest BCUT2D eigenvalue weighted by molar-refractivity contribution is 5.93. The molecule has 5 nitrogen and oxygen atoms in total. The fourth-order valence-electron chi connectivity index (χ4n) is 3.09. The van der Waals surface area contributed by atoms with Gasteiger partial charge in [-0.25, -0.2) is 9.97 Å². The Morgan fingerprint density at radius 1 is 1.33 bits per heavy atom. The molecule has 5 heteroatoms. The number of benzene rings is 1. The van der Waals surface area contributed by atoms with E-state index in [9.17, 15) is 4.79 Å². The average Bonchev–Trinajstić information content (AvgIpc) is 2.87. The number of hydrogen-bond acceptors (Lipinski definition) is 4. The van der Waals surface area contributed by atoms with Gasteiger partial charge in [0.2, 0.25) is 0 Å². The summed E-state index contributed by atoms with van der Waals surface area (Å²) in [6.45, 7) is 8.78. The summed E-state index contributed by atoms with van der Waals surface area (Å²) in [6.07, 6.45) is 0.980. The lowest BCUT2D eigenvalue weighted by Crippen LogP contribution is -2.30. The highest BCUT2D eigenvalue weighted by Gasteiger charge is 2.28. The number of amides is 1. The van der Waals surface area contributed by atoms with Crippen LogP contribution in [0, 0.1) is 12.8 Å². The zero-order chi connectivity index (χ0) is 17.3. The van der Waals surface area contributed by atoms with Gasteiger partial charge in [0.25, 0.3) is 5.91 Å². The molecule has 3 rings (SSSR count). The Balaban J connectivity index is 1.93. The smallest absolute Gasteiger partial charge is 0.270 e.